The number of halogens is 2. The molecule has 0 spiro atoms. The van der Waals surface area contributed by atoms with Gasteiger partial charge in [-0.3, -0.25) is 0 Å². The molecular formula is C32H47F2N5O2. The van der Waals surface area contributed by atoms with E-state index in [2.05, 4.69) is 49.4 Å². The average molecular weight is 572 g/mol. The molecule has 2 aliphatic rings. The highest BCUT2D eigenvalue weighted by atomic mass is 19.1. The first-order valence-corrected chi connectivity index (χ1v) is 13.6. The van der Waals surface area contributed by atoms with E-state index in [1.165, 1.54) is 24.6 Å². The fraction of sp³-hybridized carbons (Fsp3) is 0.438. The molecule has 0 amide bonds. The number of aromatic nitrogens is 2. The van der Waals surface area contributed by atoms with Gasteiger partial charge in [0, 0.05) is 43.7 Å². The van der Waals surface area contributed by atoms with Crippen molar-refractivity contribution in [2.24, 2.45) is 11.5 Å². The summed E-state index contributed by atoms with van der Waals surface area (Å²) >= 11 is 0. The fourth-order valence-corrected chi connectivity index (χ4v) is 3.99. The second kappa shape index (κ2) is 23.9. The molecule has 1 aliphatic heterocycles. The summed E-state index contributed by atoms with van der Waals surface area (Å²) in [6.07, 6.45) is 23.0. The lowest BCUT2D eigenvalue weighted by Gasteiger charge is -2.29. The van der Waals surface area contributed by atoms with Crippen molar-refractivity contribution in [3.63, 3.8) is 0 Å². The third-order valence-electron chi connectivity index (χ3n) is 5.58. The molecule has 226 valence electrons. The van der Waals surface area contributed by atoms with Gasteiger partial charge in [0.1, 0.15) is 11.6 Å². The van der Waals surface area contributed by atoms with Crippen molar-refractivity contribution in [2.45, 2.75) is 59.3 Å². The lowest BCUT2D eigenvalue weighted by Crippen LogP contribution is -2.37. The van der Waals surface area contributed by atoms with Gasteiger partial charge in [-0.1, -0.05) is 40.2 Å². The largest absolute Gasteiger partial charge is 0.401 e. The van der Waals surface area contributed by atoms with Crippen LogP contribution in [0.4, 0.5) is 14.7 Å². The third-order valence-corrected chi connectivity index (χ3v) is 5.58. The molecular weight excluding hydrogens is 524 g/mol. The molecule has 0 bridgehead atoms. The van der Waals surface area contributed by atoms with Gasteiger partial charge in [-0.2, -0.15) is 0 Å². The lowest BCUT2D eigenvalue weighted by molar-refractivity contribution is 0.122. The Balaban J connectivity index is 0. The van der Waals surface area contributed by atoms with Crippen LogP contribution in [0.1, 0.15) is 70.6 Å². The molecule has 7 nitrogen and oxygen atoms in total. The molecule has 0 saturated carbocycles. The molecule has 9 heteroatoms. The van der Waals surface area contributed by atoms with Crippen LogP contribution in [-0.2, 0) is 4.74 Å². The Morgan fingerprint density at radius 3 is 2.15 bits per heavy atom. The molecule has 1 aliphatic carbocycles. The number of terminal acetylenes is 2. The molecule has 5 N–H and O–H groups in total. The SMILES string of the molecule is C#C.C#C.CC.CCC.CO.NC1=C(/C=C(\N)c2c(F)cccc2F)CCCC1c1ccnc(N2CCOCC2)n1. The number of aliphatic hydroxyl groups is 1. The number of benzene rings is 1. The molecule has 1 atom stereocenters. The van der Waals surface area contributed by atoms with Crippen LogP contribution in [0.2, 0.25) is 0 Å². The second-order valence-corrected chi connectivity index (χ2v) is 8.21. The zero-order chi connectivity index (χ0) is 31.8. The monoisotopic (exact) mass is 571 g/mol. The van der Waals surface area contributed by atoms with Crippen LogP contribution in [0.15, 0.2) is 47.8 Å². The van der Waals surface area contributed by atoms with Gasteiger partial charge in [0.25, 0.3) is 0 Å². The topological polar surface area (TPSA) is 111 Å². The fourth-order valence-electron chi connectivity index (χ4n) is 3.99. The Kier molecular flexibility index (Phi) is 22.9. The van der Waals surface area contributed by atoms with Crippen LogP contribution in [0.3, 0.4) is 0 Å². The minimum atomic E-state index is -0.693. The molecule has 1 aromatic heterocycles. The number of aliphatic hydroxyl groups excluding tert-OH is 1. The summed E-state index contributed by atoms with van der Waals surface area (Å²) in [5.74, 6) is -0.812. The van der Waals surface area contributed by atoms with Crippen molar-refractivity contribution in [1.82, 2.24) is 9.97 Å². The smallest absolute Gasteiger partial charge is 0.225 e. The zero-order valence-electron chi connectivity index (χ0n) is 25.1. The first-order chi connectivity index (χ1) is 20.0. The maximum absolute atomic E-state index is 14.1. The number of hydrogen-bond donors (Lipinski definition) is 3. The molecule has 1 fully saturated rings. The van der Waals surface area contributed by atoms with Crippen molar-refractivity contribution >= 4 is 11.6 Å². The van der Waals surface area contributed by atoms with Crippen molar-refractivity contribution < 1.29 is 18.6 Å². The van der Waals surface area contributed by atoms with Gasteiger partial charge in [0.15, 0.2) is 0 Å². The number of ether oxygens (including phenoxy) is 1. The Hall–Kier alpha value is -3.92. The number of nitrogens with two attached hydrogens (primary N) is 2. The van der Waals surface area contributed by atoms with Crippen LogP contribution in [0.5, 0.6) is 0 Å². The Morgan fingerprint density at radius 1 is 1.07 bits per heavy atom. The summed E-state index contributed by atoms with van der Waals surface area (Å²) in [6.45, 7) is 11.1. The zero-order valence-corrected chi connectivity index (χ0v) is 25.1. The summed E-state index contributed by atoms with van der Waals surface area (Å²) in [5, 5.41) is 7.00. The normalized spacial score (nSPS) is 15.9. The standard InChI is InChI=1S/C22H25F2N5O.C3H8.C2H6.2C2H2.CH4O/c23-16-5-2-6-17(24)20(16)18(25)13-14-3-1-4-15(21(14)26)19-7-8-27-22(28-19)29-9-11-30-12-10-29;1-3-2;4*1-2/h2,5-8,13,15H,1,3-4,9-12,25-26H2;3H2,1-2H3;1-2H3;2*1-2H;2H,1H3/b18-13-;;;;;. The molecule has 2 heterocycles. The first kappa shape index (κ1) is 39.2. The van der Waals surface area contributed by atoms with E-state index in [0.29, 0.717) is 31.3 Å². The van der Waals surface area contributed by atoms with E-state index in [1.54, 1.807) is 12.3 Å². The molecule has 0 radical (unpaired) electrons. The van der Waals surface area contributed by atoms with Gasteiger partial charge < -0.3 is 26.2 Å². The summed E-state index contributed by atoms with van der Waals surface area (Å²) in [6, 6.07) is 5.56. The lowest BCUT2D eigenvalue weighted by atomic mass is 9.84. The highest BCUT2D eigenvalue weighted by Crippen LogP contribution is 2.36. The van der Waals surface area contributed by atoms with Gasteiger partial charge in [0.2, 0.25) is 5.95 Å². The van der Waals surface area contributed by atoms with E-state index in [9.17, 15) is 8.78 Å². The summed E-state index contributed by atoms with van der Waals surface area (Å²) in [5.41, 5.74) is 14.6. The van der Waals surface area contributed by atoms with Crippen LogP contribution < -0.4 is 16.4 Å². The molecule has 2 aromatic rings. The van der Waals surface area contributed by atoms with E-state index in [4.69, 9.17) is 26.3 Å². The molecule has 4 rings (SSSR count). The maximum Gasteiger partial charge on any atom is 0.225 e. The van der Waals surface area contributed by atoms with Crippen molar-refractivity contribution in [2.75, 3.05) is 38.3 Å². The first-order valence-electron chi connectivity index (χ1n) is 13.6. The van der Waals surface area contributed by atoms with Gasteiger partial charge in [0.05, 0.1) is 24.5 Å². The highest BCUT2D eigenvalue weighted by Gasteiger charge is 2.25. The maximum atomic E-state index is 14.1. The van der Waals surface area contributed by atoms with Crippen molar-refractivity contribution in [1.29, 1.82) is 0 Å². The van der Waals surface area contributed by atoms with Gasteiger partial charge >= 0.3 is 0 Å². The highest BCUT2D eigenvalue weighted by molar-refractivity contribution is 5.67. The van der Waals surface area contributed by atoms with E-state index >= 15 is 0 Å². The quantitative estimate of drug-likeness (QED) is 0.409. The Bertz CT molecular complexity index is 1070. The van der Waals surface area contributed by atoms with Crippen LogP contribution in [0, 0.1) is 37.3 Å². The summed E-state index contributed by atoms with van der Waals surface area (Å²) in [4.78, 5) is 11.2. The van der Waals surface area contributed by atoms with E-state index in [1.807, 2.05) is 19.9 Å². The van der Waals surface area contributed by atoms with E-state index < -0.39 is 11.6 Å². The third kappa shape index (κ3) is 12.4. The number of hydrogen-bond acceptors (Lipinski definition) is 7. The number of allylic oxidation sites excluding steroid dienone is 3. The molecule has 41 heavy (non-hydrogen) atoms. The molecule has 1 unspecified atom stereocenters. The minimum Gasteiger partial charge on any atom is -0.401 e. The van der Waals surface area contributed by atoms with Crippen molar-refractivity contribution in [3.05, 3.63) is 70.7 Å². The predicted octanol–water partition coefficient (Wildman–Crippen LogP) is 5.62. The van der Waals surface area contributed by atoms with Crippen LogP contribution in [-0.4, -0.2) is 48.5 Å². The average Bonchev–Trinajstić information content (AvgIpc) is 3.03. The number of rotatable bonds is 4. The van der Waals surface area contributed by atoms with Crippen LogP contribution in [0.25, 0.3) is 5.70 Å². The van der Waals surface area contributed by atoms with Gasteiger partial charge in [-0.25, -0.2) is 18.7 Å². The van der Waals surface area contributed by atoms with Crippen molar-refractivity contribution in [3.8, 4) is 25.7 Å². The Morgan fingerprint density at radius 2 is 1.61 bits per heavy atom. The number of morpholine rings is 1. The summed E-state index contributed by atoms with van der Waals surface area (Å²) < 4.78 is 33.5. The van der Waals surface area contributed by atoms with Gasteiger partial charge in [-0.05, 0) is 49.1 Å². The minimum absolute atomic E-state index is 0.0286. The molecule has 1 aromatic carbocycles. The predicted molar refractivity (Wildman–Crippen MR) is 167 cm³/mol. The Labute approximate surface area is 245 Å². The summed E-state index contributed by atoms with van der Waals surface area (Å²) in [7, 11) is 1.00. The van der Waals surface area contributed by atoms with E-state index in [0.717, 1.165) is 44.3 Å². The number of nitrogens with zero attached hydrogens (tertiary/aromatic N) is 3. The second-order valence-electron chi connectivity index (χ2n) is 8.21. The van der Waals surface area contributed by atoms with E-state index in [-0.39, 0.29) is 17.2 Å². The van der Waals surface area contributed by atoms with Gasteiger partial charge in [-0.15, -0.1) is 25.7 Å². The molecule has 1 saturated heterocycles. The number of anilines is 1. The van der Waals surface area contributed by atoms with Crippen LogP contribution >= 0.6 is 0 Å².